The molecule has 0 saturated carbocycles. The third-order valence-corrected chi connectivity index (χ3v) is 5.24. The van der Waals surface area contributed by atoms with Crippen molar-refractivity contribution in [1.29, 1.82) is 0 Å². The number of amides is 1. The fourth-order valence-corrected chi connectivity index (χ4v) is 3.57. The highest BCUT2D eigenvalue weighted by atomic mass is 32.2. The number of para-hydroxylation sites is 1. The summed E-state index contributed by atoms with van der Waals surface area (Å²) in [6.07, 6.45) is 0. The zero-order valence-electron chi connectivity index (χ0n) is 17.3. The Morgan fingerprint density at radius 3 is 2.42 bits per heavy atom. The molecule has 3 aromatic rings. The minimum atomic E-state index is -0.375. The number of carbonyl (C=O) groups is 2. The molecule has 1 aromatic heterocycles. The van der Waals surface area contributed by atoms with Gasteiger partial charge in [0.15, 0.2) is 11.0 Å². The van der Waals surface area contributed by atoms with Crippen LogP contribution in [0.3, 0.4) is 0 Å². The maximum atomic E-state index is 12.7. The minimum Gasteiger partial charge on any atom is -0.497 e. The van der Waals surface area contributed by atoms with Gasteiger partial charge in [-0.2, -0.15) is 0 Å². The molecule has 1 N–H and O–H groups in total. The molecule has 2 aromatic carbocycles. The van der Waals surface area contributed by atoms with Gasteiger partial charge in [-0.15, -0.1) is 10.2 Å². The molecular formula is C21H22N4O5S. The van der Waals surface area contributed by atoms with Gasteiger partial charge in [-0.25, -0.2) is 0 Å². The number of ether oxygens (including phenoxy) is 3. The molecule has 0 unspecified atom stereocenters. The predicted octanol–water partition coefficient (Wildman–Crippen LogP) is 2.48. The number of aromatic nitrogens is 3. The Bertz CT molecular complexity index is 1050. The average molecular weight is 442 g/mol. The van der Waals surface area contributed by atoms with Crippen LogP contribution in [0.15, 0.2) is 53.7 Å². The number of carbonyl (C=O) groups excluding carboxylic acids is 2. The summed E-state index contributed by atoms with van der Waals surface area (Å²) in [4.78, 5) is 24.2. The molecular weight excluding hydrogens is 420 g/mol. The van der Waals surface area contributed by atoms with Crippen molar-refractivity contribution in [2.75, 3.05) is 27.1 Å². The topological polar surface area (TPSA) is 105 Å². The summed E-state index contributed by atoms with van der Waals surface area (Å²) in [7, 11) is 4.43. The van der Waals surface area contributed by atoms with Gasteiger partial charge in [0.05, 0.1) is 39.2 Å². The predicted molar refractivity (Wildman–Crippen MR) is 115 cm³/mol. The maximum absolute atomic E-state index is 12.7. The normalized spacial score (nSPS) is 10.4. The Kier molecular flexibility index (Phi) is 7.50. The Morgan fingerprint density at radius 1 is 1.00 bits per heavy atom. The molecule has 0 atom stereocenters. The van der Waals surface area contributed by atoms with Gasteiger partial charge in [0.1, 0.15) is 11.5 Å². The minimum absolute atomic E-state index is 0.0817. The van der Waals surface area contributed by atoms with Gasteiger partial charge >= 0.3 is 5.97 Å². The van der Waals surface area contributed by atoms with Gasteiger partial charge < -0.3 is 19.5 Å². The van der Waals surface area contributed by atoms with Gasteiger partial charge in [-0.3, -0.25) is 14.2 Å². The molecule has 0 radical (unpaired) electrons. The van der Waals surface area contributed by atoms with Crippen LogP contribution in [-0.4, -0.2) is 53.7 Å². The Labute approximate surface area is 183 Å². The number of esters is 1. The first-order valence-corrected chi connectivity index (χ1v) is 10.3. The lowest BCUT2D eigenvalue weighted by molar-refractivity contribution is -0.137. The van der Waals surface area contributed by atoms with Gasteiger partial charge in [0.25, 0.3) is 5.91 Å². The third kappa shape index (κ3) is 5.34. The van der Waals surface area contributed by atoms with E-state index >= 15 is 0 Å². The van der Waals surface area contributed by atoms with E-state index in [0.717, 1.165) is 5.69 Å². The van der Waals surface area contributed by atoms with Crippen LogP contribution >= 0.6 is 11.8 Å². The summed E-state index contributed by atoms with van der Waals surface area (Å²) in [5, 5.41) is 11.7. The maximum Gasteiger partial charge on any atom is 0.316 e. The van der Waals surface area contributed by atoms with Crippen molar-refractivity contribution in [3.05, 3.63) is 59.9 Å². The molecule has 10 heteroatoms. The highest BCUT2D eigenvalue weighted by Crippen LogP contribution is 2.24. The zero-order chi connectivity index (χ0) is 22.2. The number of nitrogens with zero attached hydrogens (tertiary/aromatic N) is 3. The molecule has 9 nitrogen and oxygen atoms in total. The van der Waals surface area contributed by atoms with E-state index in [1.165, 1.54) is 26.0 Å². The lowest BCUT2D eigenvalue weighted by Gasteiger charge is -2.12. The van der Waals surface area contributed by atoms with Crippen LogP contribution in [0.4, 0.5) is 0 Å². The van der Waals surface area contributed by atoms with Gasteiger partial charge in [0.2, 0.25) is 0 Å². The second kappa shape index (κ2) is 10.5. The van der Waals surface area contributed by atoms with Crippen LogP contribution in [0.25, 0.3) is 5.69 Å². The first kappa shape index (κ1) is 22.2. The summed E-state index contributed by atoms with van der Waals surface area (Å²) in [6, 6.07) is 14.3. The Balaban J connectivity index is 1.85. The molecule has 1 heterocycles. The number of hydrogen-bond acceptors (Lipinski definition) is 8. The number of rotatable bonds is 9. The lowest BCUT2D eigenvalue weighted by atomic mass is 10.2. The lowest BCUT2D eigenvalue weighted by Crippen LogP contribution is -2.25. The van der Waals surface area contributed by atoms with Crippen molar-refractivity contribution in [1.82, 2.24) is 20.1 Å². The standard InChI is InChI=1S/C21H22N4O5S/c1-28-15-10-8-14(9-11-15)25-18(23-24-21(25)31-13-19(26)30-3)12-22-20(27)16-6-4-5-7-17(16)29-2/h4-11H,12-13H2,1-3H3,(H,22,27). The summed E-state index contributed by atoms with van der Waals surface area (Å²) < 4.78 is 16.9. The molecule has 0 aliphatic carbocycles. The molecule has 31 heavy (non-hydrogen) atoms. The summed E-state index contributed by atoms with van der Waals surface area (Å²) in [6.45, 7) is 0.120. The van der Waals surface area contributed by atoms with Crippen LogP contribution in [0, 0.1) is 0 Å². The van der Waals surface area contributed by atoms with Crippen molar-refractivity contribution in [2.45, 2.75) is 11.7 Å². The fourth-order valence-electron chi connectivity index (χ4n) is 2.77. The van der Waals surface area contributed by atoms with E-state index in [0.29, 0.717) is 28.0 Å². The van der Waals surface area contributed by atoms with Crippen LogP contribution < -0.4 is 14.8 Å². The van der Waals surface area contributed by atoms with Crippen LogP contribution in [0.5, 0.6) is 11.5 Å². The van der Waals surface area contributed by atoms with E-state index in [1.807, 2.05) is 12.1 Å². The summed E-state index contributed by atoms with van der Waals surface area (Å²) in [5.41, 5.74) is 1.18. The molecule has 0 saturated heterocycles. The van der Waals surface area contributed by atoms with Crippen molar-refractivity contribution in [3.8, 4) is 17.2 Å². The number of thioether (sulfide) groups is 1. The first-order valence-electron chi connectivity index (χ1n) is 9.27. The molecule has 0 fully saturated rings. The smallest absolute Gasteiger partial charge is 0.316 e. The van der Waals surface area contributed by atoms with Crippen molar-refractivity contribution in [3.63, 3.8) is 0 Å². The van der Waals surface area contributed by atoms with Crippen molar-refractivity contribution in [2.24, 2.45) is 0 Å². The number of nitrogens with one attached hydrogen (secondary N) is 1. The Morgan fingerprint density at radius 2 is 1.74 bits per heavy atom. The van der Waals surface area contributed by atoms with E-state index in [2.05, 4.69) is 15.5 Å². The second-order valence-electron chi connectivity index (χ2n) is 6.18. The van der Waals surface area contributed by atoms with E-state index in [9.17, 15) is 9.59 Å². The van der Waals surface area contributed by atoms with Crippen molar-refractivity contribution >= 4 is 23.6 Å². The second-order valence-corrected chi connectivity index (χ2v) is 7.12. The first-order chi connectivity index (χ1) is 15.1. The van der Waals surface area contributed by atoms with Gasteiger partial charge in [-0.1, -0.05) is 23.9 Å². The van der Waals surface area contributed by atoms with Gasteiger partial charge in [0, 0.05) is 5.69 Å². The van der Waals surface area contributed by atoms with Crippen molar-refractivity contribution < 1.29 is 23.8 Å². The fraction of sp³-hybridized carbons (Fsp3) is 0.238. The number of benzene rings is 2. The zero-order valence-corrected chi connectivity index (χ0v) is 18.1. The average Bonchev–Trinajstić information content (AvgIpc) is 3.23. The number of methoxy groups -OCH3 is 3. The number of hydrogen-bond donors (Lipinski definition) is 1. The summed E-state index contributed by atoms with van der Waals surface area (Å²) in [5.74, 6) is 1.09. The monoisotopic (exact) mass is 442 g/mol. The van der Waals surface area contributed by atoms with Crippen LogP contribution in [0.2, 0.25) is 0 Å². The molecule has 1 amide bonds. The molecule has 3 rings (SSSR count). The molecule has 162 valence electrons. The van der Waals surface area contributed by atoms with E-state index in [4.69, 9.17) is 14.2 Å². The largest absolute Gasteiger partial charge is 0.497 e. The molecule has 0 aliphatic heterocycles. The Hall–Kier alpha value is -3.53. The molecule has 0 aliphatic rings. The van der Waals surface area contributed by atoms with E-state index < -0.39 is 0 Å². The van der Waals surface area contributed by atoms with Gasteiger partial charge in [-0.05, 0) is 36.4 Å². The molecule has 0 spiro atoms. The van der Waals surface area contributed by atoms with E-state index in [-0.39, 0.29) is 24.2 Å². The SMILES string of the molecule is COC(=O)CSc1nnc(CNC(=O)c2ccccc2OC)n1-c1ccc(OC)cc1. The highest BCUT2D eigenvalue weighted by Gasteiger charge is 2.18. The molecule has 0 bridgehead atoms. The quantitative estimate of drug-likeness (QED) is 0.398. The third-order valence-electron chi connectivity index (χ3n) is 4.34. The highest BCUT2D eigenvalue weighted by molar-refractivity contribution is 7.99. The van der Waals surface area contributed by atoms with Crippen LogP contribution in [-0.2, 0) is 16.1 Å². The van der Waals surface area contributed by atoms with Crippen LogP contribution in [0.1, 0.15) is 16.2 Å². The summed E-state index contributed by atoms with van der Waals surface area (Å²) >= 11 is 1.19. The van der Waals surface area contributed by atoms with E-state index in [1.54, 1.807) is 48.1 Å².